The standard InChI is InChI=1S/C13H15N3O2/c1-10(17)9-14-13(18)11-3-5-12(6-4-11)16-8-2-7-15-16/h2-8,10,17H,9H2,1H3,(H,14,18)/t10-/m0/s1. The van der Waals surface area contributed by atoms with Gasteiger partial charge in [0.05, 0.1) is 11.8 Å². The van der Waals surface area contributed by atoms with Gasteiger partial charge < -0.3 is 10.4 Å². The molecule has 0 saturated carbocycles. The highest BCUT2D eigenvalue weighted by Gasteiger charge is 2.06. The highest BCUT2D eigenvalue weighted by Crippen LogP contribution is 2.08. The molecular weight excluding hydrogens is 230 g/mol. The van der Waals surface area contributed by atoms with Crippen LogP contribution in [-0.4, -0.2) is 33.4 Å². The van der Waals surface area contributed by atoms with Gasteiger partial charge in [0.15, 0.2) is 0 Å². The molecule has 2 N–H and O–H groups in total. The van der Waals surface area contributed by atoms with Crippen molar-refractivity contribution < 1.29 is 9.90 Å². The van der Waals surface area contributed by atoms with Gasteiger partial charge in [0.2, 0.25) is 0 Å². The maximum Gasteiger partial charge on any atom is 0.251 e. The Bertz CT molecular complexity index is 504. The van der Waals surface area contributed by atoms with Gasteiger partial charge in [-0.1, -0.05) is 0 Å². The summed E-state index contributed by atoms with van der Waals surface area (Å²) >= 11 is 0. The largest absolute Gasteiger partial charge is 0.392 e. The molecule has 5 heteroatoms. The number of hydrogen-bond acceptors (Lipinski definition) is 3. The van der Waals surface area contributed by atoms with Gasteiger partial charge in [-0.25, -0.2) is 4.68 Å². The summed E-state index contributed by atoms with van der Waals surface area (Å²) in [6.07, 6.45) is 2.99. The van der Waals surface area contributed by atoms with E-state index in [0.29, 0.717) is 5.56 Å². The highest BCUT2D eigenvalue weighted by molar-refractivity contribution is 5.94. The summed E-state index contributed by atoms with van der Waals surface area (Å²) in [6, 6.07) is 8.95. The lowest BCUT2D eigenvalue weighted by molar-refractivity contribution is 0.0924. The Morgan fingerprint density at radius 3 is 2.72 bits per heavy atom. The zero-order valence-electron chi connectivity index (χ0n) is 10.1. The van der Waals surface area contributed by atoms with Crippen molar-refractivity contribution in [3.8, 4) is 5.69 Å². The molecule has 0 aliphatic carbocycles. The molecule has 1 aromatic heterocycles. The van der Waals surface area contributed by atoms with Crippen LogP contribution in [0, 0.1) is 0 Å². The van der Waals surface area contributed by atoms with Crippen molar-refractivity contribution in [2.75, 3.05) is 6.54 Å². The minimum atomic E-state index is -0.544. The van der Waals surface area contributed by atoms with Crippen LogP contribution in [0.1, 0.15) is 17.3 Å². The van der Waals surface area contributed by atoms with Crippen LogP contribution in [0.2, 0.25) is 0 Å². The Hall–Kier alpha value is -2.14. The molecule has 2 rings (SSSR count). The monoisotopic (exact) mass is 245 g/mol. The normalized spacial score (nSPS) is 12.1. The predicted molar refractivity (Wildman–Crippen MR) is 67.6 cm³/mol. The second-order valence-electron chi connectivity index (χ2n) is 4.06. The maximum absolute atomic E-state index is 11.7. The van der Waals surface area contributed by atoms with E-state index in [1.54, 1.807) is 29.9 Å². The van der Waals surface area contributed by atoms with Crippen LogP contribution in [0.25, 0.3) is 5.69 Å². The number of aliphatic hydroxyl groups excluding tert-OH is 1. The van der Waals surface area contributed by atoms with Gasteiger partial charge in [-0.15, -0.1) is 0 Å². The van der Waals surface area contributed by atoms with E-state index in [4.69, 9.17) is 5.11 Å². The molecule has 5 nitrogen and oxygen atoms in total. The lowest BCUT2D eigenvalue weighted by Crippen LogP contribution is -2.30. The SMILES string of the molecule is C[C@H](O)CNC(=O)c1ccc(-n2cccn2)cc1. The molecule has 18 heavy (non-hydrogen) atoms. The van der Waals surface area contributed by atoms with Gasteiger partial charge in [-0.3, -0.25) is 4.79 Å². The van der Waals surface area contributed by atoms with E-state index in [1.807, 2.05) is 24.4 Å². The highest BCUT2D eigenvalue weighted by atomic mass is 16.3. The van der Waals surface area contributed by atoms with Crippen LogP contribution in [-0.2, 0) is 0 Å². The van der Waals surface area contributed by atoms with Crippen molar-refractivity contribution in [2.24, 2.45) is 0 Å². The summed E-state index contributed by atoms with van der Waals surface area (Å²) in [5.41, 5.74) is 1.46. The van der Waals surface area contributed by atoms with E-state index in [-0.39, 0.29) is 12.5 Å². The van der Waals surface area contributed by atoms with Gasteiger partial charge in [-0.05, 0) is 37.3 Å². The third kappa shape index (κ3) is 2.95. The number of nitrogens with zero attached hydrogens (tertiary/aromatic N) is 2. The van der Waals surface area contributed by atoms with Crippen molar-refractivity contribution in [2.45, 2.75) is 13.0 Å². The second kappa shape index (κ2) is 5.46. The molecule has 0 unspecified atom stereocenters. The van der Waals surface area contributed by atoms with Crippen molar-refractivity contribution in [1.82, 2.24) is 15.1 Å². The van der Waals surface area contributed by atoms with Crippen LogP contribution in [0.15, 0.2) is 42.7 Å². The van der Waals surface area contributed by atoms with Crippen molar-refractivity contribution >= 4 is 5.91 Å². The topological polar surface area (TPSA) is 67.2 Å². The quantitative estimate of drug-likeness (QED) is 0.844. The molecule has 94 valence electrons. The zero-order chi connectivity index (χ0) is 13.0. The number of amides is 1. The first-order valence-electron chi connectivity index (χ1n) is 5.73. The minimum absolute atomic E-state index is 0.192. The number of carbonyl (C=O) groups excluding carboxylic acids is 1. The van der Waals surface area contributed by atoms with E-state index >= 15 is 0 Å². The third-order valence-corrected chi connectivity index (χ3v) is 2.46. The average molecular weight is 245 g/mol. The lowest BCUT2D eigenvalue weighted by atomic mass is 10.2. The first-order chi connectivity index (χ1) is 8.66. The minimum Gasteiger partial charge on any atom is -0.392 e. The summed E-state index contributed by atoms with van der Waals surface area (Å²) in [5.74, 6) is -0.192. The van der Waals surface area contributed by atoms with E-state index in [2.05, 4.69) is 10.4 Å². The van der Waals surface area contributed by atoms with Crippen LogP contribution >= 0.6 is 0 Å². The van der Waals surface area contributed by atoms with Crippen LogP contribution < -0.4 is 5.32 Å². The number of nitrogens with one attached hydrogen (secondary N) is 1. The molecule has 0 radical (unpaired) electrons. The molecule has 1 atom stereocenters. The van der Waals surface area contributed by atoms with Crippen molar-refractivity contribution in [1.29, 1.82) is 0 Å². The number of benzene rings is 1. The smallest absolute Gasteiger partial charge is 0.251 e. The molecule has 1 amide bonds. The zero-order valence-corrected chi connectivity index (χ0v) is 10.1. The van der Waals surface area contributed by atoms with Gasteiger partial charge in [0, 0.05) is 24.5 Å². The second-order valence-corrected chi connectivity index (χ2v) is 4.06. The first-order valence-corrected chi connectivity index (χ1v) is 5.73. The van der Waals surface area contributed by atoms with Crippen LogP contribution in [0.4, 0.5) is 0 Å². The molecular formula is C13H15N3O2. The molecule has 2 aromatic rings. The Labute approximate surface area is 105 Å². The maximum atomic E-state index is 11.7. The molecule has 1 heterocycles. The van der Waals surface area contributed by atoms with E-state index in [9.17, 15) is 4.79 Å². The summed E-state index contributed by atoms with van der Waals surface area (Å²) < 4.78 is 1.72. The fourth-order valence-corrected chi connectivity index (χ4v) is 1.53. The van der Waals surface area contributed by atoms with E-state index in [1.165, 1.54) is 0 Å². The molecule has 0 saturated heterocycles. The van der Waals surface area contributed by atoms with Crippen LogP contribution in [0.3, 0.4) is 0 Å². The molecule has 0 spiro atoms. The van der Waals surface area contributed by atoms with Gasteiger partial charge in [-0.2, -0.15) is 5.10 Å². The number of hydrogen-bond donors (Lipinski definition) is 2. The van der Waals surface area contributed by atoms with Crippen molar-refractivity contribution in [3.05, 3.63) is 48.3 Å². The van der Waals surface area contributed by atoms with Gasteiger partial charge in [0.1, 0.15) is 0 Å². The number of rotatable bonds is 4. The van der Waals surface area contributed by atoms with E-state index < -0.39 is 6.10 Å². The number of aliphatic hydroxyl groups is 1. The predicted octanol–water partition coefficient (Wildman–Crippen LogP) is 0.983. The molecule has 0 aliphatic rings. The Morgan fingerprint density at radius 1 is 1.44 bits per heavy atom. The fraction of sp³-hybridized carbons (Fsp3) is 0.231. The third-order valence-electron chi connectivity index (χ3n) is 2.46. The fourth-order valence-electron chi connectivity index (χ4n) is 1.53. The van der Waals surface area contributed by atoms with E-state index in [0.717, 1.165) is 5.69 Å². The van der Waals surface area contributed by atoms with Crippen LogP contribution in [0.5, 0.6) is 0 Å². The Balaban J connectivity index is 2.06. The summed E-state index contributed by atoms with van der Waals surface area (Å²) in [4.78, 5) is 11.7. The number of aromatic nitrogens is 2. The first kappa shape index (κ1) is 12.3. The average Bonchev–Trinajstić information content (AvgIpc) is 2.90. The van der Waals surface area contributed by atoms with Gasteiger partial charge >= 0.3 is 0 Å². The summed E-state index contributed by atoms with van der Waals surface area (Å²) in [6.45, 7) is 1.88. The molecule has 1 aromatic carbocycles. The number of carbonyl (C=O) groups is 1. The van der Waals surface area contributed by atoms with Crippen molar-refractivity contribution in [3.63, 3.8) is 0 Å². The molecule has 0 aliphatic heterocycles. The summed E-state index contributed by atoms with van der Waals surface area (Å²) in [5, 5.41) is 15.8. The molecule has 0 bridgehead atoms. The van der Waals surface area contributed by atoms with Gasteiger partial charge in [0.25, 0.3) is 5.91 Å². The molecule has 0 fully saturated rings. The Morgan fingerprint density at radius 2 is 2.17 bits per heavy atom. The summed E-state index contributed by atoms with van der Waals surface area (Å²) in [7, 11) is 0. The Kier molecular flexibility index (Phi) is 3.74. The lowest BCUT2D eigenvalue weighted by Gasteiger charge is -2.07.